The number of hydrogen-bond donors (Lipinski definition) is 1. The minimum absolute atomic E-state index is 0.0678. The van der Waals surface area contributed by atoms with Gasteiger partial charge in [0.1, 0.15) is 11.5 Å². The number of nitrogens with zero attached hydrogens (tertiary/aromatic N) is 1. The summed E-state index contributed by atoms with van der Waals surface area (Å²) in [6.07, 6.45) is 0.980. The number of aliphatic carboxylic acids is 1. The van der Waals surface area contributed by atoms with Gasteiger partial charge in [-0.15, -0.1) is 0 Å². The highest BCUT2D eigenvalue weighted by atomic mass is 16.4. The quantitative estimate of drug-likeness (QED) is 0.890. The Morgan fingerprint density at radius 3 is 2.32 bits per heavy atom. The lowest BCUT2D eigenvalue weighted by molar-refractivity contribution is -0.150. The van der Waals surface area contributed by atoms with Crippen molar-refractivity contribution in [3.63, 3.8) is 0 Å². The van der Waals surface area contributed by atoms with Crippen LogP contribution in [0.15, 0.2) is 10.5 Å². The first-order valence-electron chi connectivity index (χ1n) is 6.43. The molecule has 0 spiro atoms. The van der Waals surface area contributed by atoms with E-state index in [2.05, 4.69) is 0 Å². The predicted molar refractivity (Wildman–Crippen MR) is 69.1 cm³/mol. The van der Waals surface area contributed by atoms with Crippen LogP contribution in [-0.2, 0) is 4.79 Å². The Kier molecular flexibility index (Phi) is 3.39. The van der Waals surface area contributed by atoms with E-state index in [1.807, 2.05) is 6.92 Å². The molecule has 19 heavy (non-hydrogen) atoms. The van der Waals surface area contributed by atoms with Gasteiger partial charge in [-0.25, -0.2) is 0 Å². The van der Waals surface area contributed by atoms with Crippen LogP contribution in [0.3, 0.4) is 0 Å². The summed E-state index contributed by atoms with van der Waals surface area (Å²) in [4.78, 5) is 25.2. The maximum absolute atomic E-state index is 12.3. The minimum Gasteiger partial charge on any atom is -0.481 e. The molecule has 0 atom stereocenters. The Hall–Kier alpha value is -1.78. The summed E-state index contributed by atoms with van der Waals surface area (Å²) < 4.78 is 5.36. The van der Waals surface area contributed by atoms with Crippen molar-refractivity contribution in [2.24, 2.45) is 5.41 Å². The van der Waals surface area contributed by atoms with Crippen LogP contribution >= 0.6 is 0 Å². The number of hydrogen-bond acceptors (Lipinski definition) is 3. The van der Waals surface area contributed by atoms with Crippen LogP contribution < -0.4 is 0 Å². The van der Waals surface area contributed by atoms with Crippen LogP contribution in [0, 0.1) is 19.3 Å². The van der Waals surface area contributed by atoms with Gasteiger partial charge in [-0.1, -0.05) is 0 Å². The zero-order valence-electron chi connectivity index (χ0n) is 11.5. The highest BCUT2D eigenvalue weighted by Crippen LogP contribution is 2.32. The molecule has 1 aromatic rings. The van der Waals surface area contributed by atoms with Gasteiger partial charge in [0.05, 0.1) is 11.0 Å². The zero-order chi connectivity index (χ0) is 14.2. The minimum atomic E-state index is -0.782. The third-order valence-corrected chi connectivity index (χ3v) is 3.94. The van der Waals surface area contributed by atoms with Crippen molar-refractivity contribution in [1.29, 1.82) is 0 Å². The van der Waals surface area contributed by atoms with Gasteiger partial charge in [0.2, 0.25) is 0 Å². The first kappa shape index (κ1) is 13.6. The monoisotopic (exact) mass is 265 g/mol. The fourth-order valence-corrected chi connectivity index (χ4v) is 2.43. The Balaban J connectivity index is 2.08. The first-order chi connectivity index (χ1) is 8.83. The van der Waals surface area contributed by atoms with E-state index in [0.29, 0.717) is 43.0 Å². The molecule has 0 aliphatic carbocycles. The Bertz CT molecular complexity index is 510. The maximum atomic E-state index is 12.3. The predicted octanol–water partition coefficient (Wildman–Crippen LogP) is 2.22. The molecular weight excluding hydrogens is 246 g/mol. The molecule has 0 bridgehead atoms. The average Bonchev–Trinajstić information content (AvgIpc) is 2.68. The van der Waals surface area contributed by atoms with Gasteiger partial charge in [0, 0.05) is 13.1 Å². The van der Waals surface area contributed by atoms with Crippen molar-refractivity contribution < 1.29 is 19.1 Å². The number of carbonyl (C=O) groups excluding carboxylic acids is 1. The van der Waals surface area contributed by atoms with Gasteiger partial charge in [-0.05, 0) is 39.7 Å². The molecule has 0 aromatic carbocycles. The molecule has 1 amide bonds. The number of rotatable bonds is 2. The van der Waals surface area contributed by atoms with E-state index in [1.54, 1.807) is 24.8 Å². The van der Waals surface area contributed by atoms with E-state index >= 15 is 0 Å². The van der Waals surface area contributed by atoms with Crippen LogP contribution in [0.4, 0.5) is 0 Å². The first-order valence-corrected chi connectivity index (χ1v) is 6.43. The number of carboxylic acids is 1. The van der Waals surface area contributed by atoms with Crippen molar-refractivity contribution in [3.8, 4) is 0 Å². The van der Waals surface area contributed by atoms with Gasteiger partial charge in [0.15, 0.2) is 0 Å². The van der Waals surface area contributed by atoms with Crippen LogP contribution in [-0.4, -0.2) is 35.0 Å². The molecule has 1 saturated heterocycles. The van der Waals surface area contributed by atoms with Crippen molar-refractivity contribution in [3.05, 3.63) is 23.2 Å². The fourth-order valence-electron chi connectivity index (χ4n) is 2.43. The van der Waals surface area contributed by atoms with Crippen LogP contribution in [0.1, 0.15) is 41.6 Å². The van der Waals surface area contributed by atoms with E-state index in [4.69, 9.17) is 9.52 Å². The number of carboxylic acid groups (broad SMARTS) is 1. The summed E-state index contributed by atoms with van der Waals surface area (Å²) >= 11 is 0. The van der Waals surface area contributed by atoms with Gasteiger partial charge in [0.25, 0.3) is 5.91 Å². The van der Waals surface area contributed by atoms with E-state index in [0.717, 1.165) is 0 Å². The molecule has 0 radical (unpaired) electrons. The summed E-state index contributed by atoms with van der Waals surface area (Å²) in [6, 6.07) is 1.74. The summed E-state index contributed by atoms with van der Waals surface area (Å²) in [7, 11) is 0. The molecule has 1 fully saturated rings. The number of aryl methyl sites for hydroxylation is 2. The normalized spacial score (nSPS) is 18.4. The summed E-state index contributed by atoms with van der Waals surface area (Å²) in [5.74, 6) is 0.485. The Morgan fingerprint density at radius 1 is 1.32 bits per heavy atom. The molecule has 0 unspecified atom stereocenters. The molecule has 1 aliphatic rings. The second-order valence-corrected chi connectivity index (χ2v) is 5.48. The summed E-state index contributed by atoms with van der Waals surface area (Å²) in [6.45, 7) is 6.27. The fraction of sp³-hybridized carbons (Fsp3) is 0.571. The van der Waals surface area contributed by atoms with Gasteiger partial charge in [-0.3, -0.25) is 9.59 Å². The third kappa shape index (κ3) is 2.50. The molecule has 104 valence electrons. The van der Waals surface area contributed by atoms with E-state index in [-0.39, 0.29) is 5.91 Å². The molecule has 5 heteroatoms. The maximum Gasteiger partial charge on any atom is 0.309 e. The van der Waals surface area contributed by atoms with E-state index in [1.165, 1.54) is 0 Å². The molecular formula is C14H19NO4. The van der Waals surface area contributed by atoms with Gasteiger partial charge < -0.3 is 14.4 Å². The second-order valence-electron chi connectivity index (χ2n) is 5.48. The van der Waals surface area contributed by atoms with Crippen molar-refractivity contribution in [1.82, 2.24) is 4.90 Å². The summed E-state index contributed by atoms with van der Waals surface area (Å²) in [5.41, 5.74) is -0.130. The highest BCUT2D eigenvalue weighted by Gasteiger charge is 2.38. The lowest BCUT2D eigenvalue weighted by Crippen LogP contribution is -2.45. The van der Waals surface area contributed by atoms with E-state index < -0.39 is 11.4 Å². The zero-order valence-corrected chi connectivity index (χ0v) is 11.5. The topological polar surface area (TPSA) is 70.8 Å². The lowest BCUT2D eigenvalue weighted by atomic mass is 9.80. The third-order valence-electron chi connectivity index (χ3n) is 3.94. The molecule has 2 rings (SSSR count). The van der Waals surface area contributed by atoms with E-state index in [9.17, 15) is 9.59 Å². The van der Waals surface area contributed by atoms with Crippen molar-refractivity contribution >= 4 is 11.9 Å². The number of carbonyl (C=O) groups is 2. The highest BCUT2D eigenvalue weighted by molar-refractivity contribution is 5.95. The Morgan fingerprint density at radius 2 is 1.89 bits per heavy atom. The van der Waals surface area contributed by atoms with Gasteiger partial charge in [-0.2, -0.15) is 0 Å². The molecule has 1 aromatic heterocycles. The van der Waals surface area contributed by atoms with Crippen molar-refractivity contribution in [2.75, 3.05) is 13.1 Å². The largest absolute Gasteiger partial charge is 0.481 e. The number of amides is 1. The summed E-state index contributed by atoms with van der Waals surface area (Å²) in [5, 5.41) is 9.17. The number of likely N-dealkylation sites (tertiary alicyclic amines) is 1. The standard InChI is InChI=1S/C14H19NO4/c1-9-8-11(10(2)19-9)12(16)15-6-4-14(3,5-7-15)13(17)18/h8H,4-7H2,1-3H3,(H,17,18). The molecule has 2 heterocycles. The van der Waals surface area contributed by atoms with Crippen LogP contribution in [0.25, 0.3) is 0 Å². The molecule has 0 saturated carbocycles. The lowest BCUT2D eigenvalue weighted by Gasteiger charge is -2.36. The number of furan rings is 1. The SMILES string of the molecule is Cc1cc(C(=O)N2CCC(C)(C(=O)O)CC2)c(C)o1. The smallest absolute Gasteiger partial charge is 0.309 e. The Labute approximate surface area is 112 Å². The second kappa shape index (κ2) is 4.72. The van der Waals surface area contributed by atoms with Crippen LogP contribution in [0.2, 0.25) is 0 Å². The average molecular weight is 265 g/mol. The number of piperidine rings is 1. The molecule has 1 aliphatic heterocycles. The van der Waals surface area contributed by atoms with Crippen molar-refractivity contribution in [2.45, 2.75) is 33.6 Å². The van der Waals surface area contributed by atoms with Crippen LogP contribution in [0.5, 0.6) is 0 Å². The van der Waals surface area contributed by atoms with Gasteiger partial charge >= 0.3 is 5.97 Å². The molecule has 1 N–H and O–H groups in total. The molecule has 5 nitrogen and oxygen atoms in total.